The van der Waals surface area contributed by atoms with E-state index in [9.17, 15) is 9.59 Å². The van der Waals surface area contributed by atoms with E-state index < -0.39 is 5.25 Å². The number of thioether (sulfide) groups is 1. The standard InChI is InChI=1S/C21H23N3O3S/c1-3-11-27-17-9-7-15(8-10-17)22-19(25)13-18-20(26)24-21(28-18)23-16-6-4-5-14(2)12-16/h4-10,12,18H,3,11,13H2,1-2H3,(H,22,25)(H,23,24,26)/t18-/m1/s1. The topological polar surface area (TPSA) is 79.8 Å². The maximum Gasteiger partial charge on any atom is 0.240 e. The summed E-state index contributed by atoms with van der Waals surface area (Å²) in [6.45, 7) is 4.69. The summed E-state index contributed by atoms with van der Waals surface area (Å²) in [5.41, 5.74) is 2.54. The van der Waals surface area contributed by atoms with Gasteiger partial charge in [0.25, 0.3) is 0 Å². The summed E-state index contributed by atoms with van der Waals surface area (Å²) in [4.78, 5) is 28.9. The molecule has 1 aliphatic heterocycles. The number of anilines is 1. The fraction of sp³-hybridized carbons (Fsp3) is 0.286. The van der Waals surface area contributed by atoms with Gasteiger partial charge in [-0.2, -0.15) is 0 Å². The first-order valence-electron chi connectivity index (χ1n) is 9.19. The second-order valence-corrected chi connectivity index (χ2v) is 7.67. The molecule has 1 fully saturated rings. The third-order valence-electron chi connectivity index (χ3n) is 3.99. The van der Waals surface area contributed by atoms with Gasteiger partial charge in [-0.15, -0.1) is 0 Å². The van der Waals surface area contributed by atoms with Crippen molar-refractivity contribution in [2.45, 2.75) is 31.9 Å². The fourth-order valence-electron chi connectivity index (χ4n) is 2.64. The van der Waals surface area contributed by atoms with Crippen LogP contribution in [0.2, 0.25) is 0 Å². The monoisotopic (exact) mass is 397 g/mol. The quantitative estimate of drug-likeness (QED) is 0.739. The van der Waals surface area contributed by atoms with E-state index in [1.807, 2.05) is 50.2 Å². The van der Waals surface area contributed by atoms with Crippen molar-refractivity contribution >= 4 is 40.1 Å². The lowest BCUT2D eigenvalue weighted by Gasteiger charge is -2.09. The first-order valence-corrected chi connectivity index (χ1v) is 10.1. The van der Waals surface area contributed by atoms with Crippen LogP contribution in [0.25, 0.3) is 0 Å². The molecule has 7 heteroatoms. The zero-order chi connectivity index (χ0) is 19.9. The van der Waals surface area contributed by atoms with Crippen molar-refractivity contribution in [2.75, 3.05) is 11.9 Å². The van der Waals surface area contributed by atoms with Crippen LogP contribution in [0.1, 0.15) is 25.3 Å². The van der Waals surface area contributed by atoms with E-state index in [4.69, 9.17) is 4.74 Å². The number of nitrogens with zero attached hydrogens (tertiary/aromatic N) is 1. The Balaban J connectivity index is 1.54. The number of amides is 2. The Morgan fingerprint density at radius 3 is 2.75 bits per heavy atom. The van der Waals surface area contributed by atoms with Gasteiger partial charge in [0.05, 0.1) is 12.3 Å². The fourth-order valence-corrected chi connectivity index (χ4v) is 3.63. The molecule has 0 aromatic heterocycles. The molecule has 1 aliphatic rings. The highest BCUT2D eigenvalue weighted by atomic mass is 32.2. The SMILES string of the molecule is CCCOc1ccc(NC(=O)C[C@H]2SC(=Nc3cccc(C)c3)NC2=O)cc1. The van der Waals surface area contributed by atoms with Crippen molar-refractivity contribution in [1.29, 1.82) is 0 Å². The van der Waals surface area contributed by atoms with Gasteiger partial charge in [-0.3, -0.25) is 9.59 Å². The van der Waals surface area contributed by atoms with Crippen molar-refractivity contribution in [3.63, 3.8) is 0 Å². The second kappa shape index (κ2) is 9.41. The molecule has 2 N–H and O–H groups in total. The Bertz CT molecular complexity index is 881. The molecule has 0 bridgehead atoms. The van der Waals surface area contributed by atoms with Crippen molar-refractivity contribution in [1.82, 2.24) is 5.32 Å². The normalized spacial score (nSPS) is 17.4. The molecule has 28 heavy (non-hydrogen) atoms. The Morgan fingerprint density at radius 2 is 2.04 bits per heavy atom. The largest absolute Gasteiger partial charge is 0.494 e. The van der Waals surface area contributed by atoms with E-state index in [1.165, 1.54) is 11.8 Å². The lowest BCUT2D eigenvalue weighted by Crippen LogP contribution is -2.28. The van der Waals surface area contributed by atoms with Gasteiger partial charge in [-0.05, 0) is 55.3 Å². The number of aryl methyl sites for hydroxylation is 1. The molecule has 0 radical (unpaired) electrons. The minimum atomic E-state index is -0.490. The summed E-state index contributed by atoms with van der Waals surface area (Å²) >= 11 is 1.28. The number of aliphatic imine (C=N–C) groups is 1. The number of carbonyl (C=O) groups excluding carboxylic acids is 2. The Hall–Kier alpha value is -2.80. The van der Waals surface area contributed by atoms with Crippen LogP contribution in [0, 0.1) is 6.92 Å². The van der Waals surface area contributed by atoms with Crippen LogP contribution in [0.3, 0.4) is 0 Å². The molecule has 0 saturated carbocycles. The van der Waals surface area contributed by atoms with E-state index in [1.54, 1.807) is 12.1 Å². The maximum absolute atomic E-state index is 12.3. The highest BCUT2D eigenvalue weighted by molar-refractivity contribution is 8.15. The minimum absolute atomic E-state index is 0.0808. The van der Waals surface area contributed by atoms with Gasteiger partial charge < -0.3 is 15.4 Å². The minimum Gasteiger partial charge on any atom is -0.494 e. The third kappa shape index (κ3) is 5.60. The van der Waals surface area contributed by atoms with Crippen molar-refractivity contribution in [3.05, 3.63) is 54.1 Å². The molecule has 1 saturated heterocycles. The van der Waals surface area contributed by atoms with Crippen LogP contribution in [0.4, 0.5) is 11.4 Å². The van der Waals surface area contributed by atoms with Crippen LogP contribution in [0.5, 0.6) is 5.75 Å². The number of amidine groups is 1. The first-order chi connectivity index (χ1) is 13.5. The molecule has 6 nitrogen and oxygen atoms in total. The number of hydrogen-bond acceptors (Lipinski definition) is 5. The smallest absolute Gasteiger partial charge is 0.240 e. The number of nitrogens with one attached hydrogen (secondary N) is 2. The van der Waals surface area contributed by atoms with Gasteiger partial charge in [-0.25, -0.2) is 4.99 Å². The number of benzene rings is 2. The summed E-state index contributed by atoms with van der Waals surface area (Å²) in [7, 11) is 0. The lowest BCUT2D eigenvalue weighted by atomic mass is 10.2. The Morgan fingerprint density at radius 1 is 1.25 bits per heavy atom. The second-order valence-electron chi connectivity index (χ2n) is 6.48. The summed E-state index contributed by atoms with van der Waals surface area (Å²) < 4.78 is 5.52. The van der Waals surface area contributed by atoms with E-state index >= 15 is 0 Å². The summed E-state index contributed by atoms with van der Waals surface area (Å²) in [6, 6.07) is 14.9. The molecule has 2 aromatic rings. The number of hydrogen-bond donors (Lipinski definition) is 2. The average molecular weight is 398 g/mol. The van der Waals surface area contributed by atoms with E-state index in [0.717, 1.165) is 23.4 Å². The molecule has 0 aliphatic carbocycles. The van der Waals surface area contributed by atoms with E-state index in [2.05, 4.69) is 15.6 Å². The highest BCUT2D eigenvalue weighted by Crippen LogP contribution is 2.26. The van der Waals surface area contributed by atoms with Crippen LogP contribution >= 0.6 is 11.8 Å². The lowest BCUT2D eigenvalue weighted by molar-refractivity contribution is -0.122. The van der Waals surface area contributed by atoms with Gasteiger partial charge in [0.1, 0.15) is 11.0 Å². The van der Waals surface area contributed by atoms with E-state index in [-0.39, 0.29) is 18.2 Å². The highest BCUT2D eigenvalue weighted by Gasteiger charge is 2.32. The van der Waals surface area contributed by atoms with Crippen LogP contribution in [-0.2, 0) is 9.59 Å². The first kappa shape index (κ1) is 19.9. The van der Waals surface area contributed by atoms with Crippen LogP contribution in [-0.4, -0.2) is 28.8 Å². The summed E-state index contributed by atoms with van der Waals surface area (Å²) in [5, 5.41) is 5.59. The molecule has 2 amide bonds. The zero-order valence-electron chi connectivity index (χ0n) is 15.9. The molecule has 146 valence electrons. The average Bonchev–Trinajstić information content (AvgIpc) is 3.00. The number of carbonyl (C=O) groups is 2. The van der Waals surface area contributed by atoms with Crippen molar-refractivity contribution in [2.24, 2.45) is 4.99 Å². The van der Waals surface area contributed by atoms with E-state index in [0.29, 0.717) is 17.5 Å². The molecule has 2 aromatic carbocycles. The molecular weight excluding hydrogens is 374 g/mol. The van der Waals surface area contributed by atoms with Gasteiger partial charge in [-0.1, -0.05) is 30.8 Å². The number of rotatable bonds is 7. The van der Waals surface area contributed by atoms with Crippen molar-refractivity contribution < 1.29 is 14.3 Å². The zero-order valence-corrected chi connectivity index (χ0v) is 16.7. The van der Waals surface area contributed by atoms with Gasteiger partial charge in [0, 0.05) is 12.1 Å². The molecule has 0 unspecified atom stereocenters. The van der Waals surface area contributed by atoms with Crippen molar-refractivity contribution in [3.8, 4) is 5.75 Å². The summed E-state index contributed by atoms with van der Waals surface area (Å²) in [6.07, 6.45) is 1.02. The predicted molar refractivity (Wildman–Crippen MR) is 113 cm³/mol. The third-order valence-corrected chi connectivity index (χ3v) is 5.07. The van der Waals surface area contributed by atoms with Crippen LogP contribution < -0.4 is 15.4 Å². The summed E-state index contributed by atoms with van der Waals surface area (Å²) in [5.74, 6) is 0.351. The Labute approximate surface area is 168 Å². The predicted octanol–water partition coefficient (Wildman–Crippen LogP) is 4.03. The van der Waals surface area contributed by atoms with Crippen LogP contribution in [0.15, 0.2) is 53.5 Å². The van der Waals surface area contributed by atoms with Gasteiger partial charge >= 0.3 is 0 Å². The Kier molecular flexibility index (Phi) is 6.71. The molecular formula is C21H23N3O3S. The molecule has 1 heterocycles. The number of ether oxygens (including phenoxy) is 1. The maximum atomic E-state index is 12.3. The molecule has 1 atom stereocenters. The molecule has 3 rings (SSSR count). The van der Waals surface area contributed by atoms with Gasteiger partial charge in [0.2, 0.25) is 11.8 Å². The molecule has 0 spiro atoms. The van der Waals surface area contributed by atoms with Gasteiger partial charge in [0.15, 0.2) is 5.17 Å².